The fourth-order valence-electron chi connectivity index (χ4n) is 1.23. The van der Waals surface area contributed by atoms with Crippen molar-refractivity contribution in [2.24, 2.45) is 5.73 Å². The fraction of sp³-hybridized carbons (Fsp3) is 0.364. The van der Waals surface area contributed by atoms with E-state index in [0.29, 0.717) is 6.42 Å². The molecule has 4 nitrogen and oxygen atoms in total. The van der Waals surface area contributed by atoms with Crippen molar-refractivity contribution in [1.82, 2.24) is 0 Å². The normalized spacial score (nSPS) is 9.67. The third kappa shape index (κ3) is 4.35. The minimum Gasteiger partial charge on any atom is -0.497 e. The lowest BCUT2D eigenvalue weighted by Gasteiger charge is -2.06. The molecule has 0 saturated heterocycles. The van der Waals surface area contributed by atoms with Crippen molar-refractivity contribution < 1.29 is 9.53 Å². The van der Waals surface area contributed by atoms with Gasteiger partial charge < -0.3 is 15.8 Å². The third-order valence-electron chi connectivity index (χ3n) is 2.00. The van der Waals surface area contributed by atoms with Crippen molar-refractivity contribution in [3.63, 3.8) is 0 Å². The van der Waals surface area contributed by atoms with E-state index in [4.69, 9.17) is 10.5 Å². The largest absolute Gasteiger partial charge is 0.497 e. The fourth-order valence-corrected chi connectivity index (χ4v) is 1.23. The molecular weight excluding hydrogens is 192 g/mol. The third-order valence-corrected chi connectivity index (χ3v) is 2.00. The van der Waals surface area contributed by atoms with Crippen LogP contribution in [0.2, 0.25) is 0 Å². The highest BCUT2D eigenvalue weighted by molar-refractivity contribution is 5.73. The number of methoxy groups -OCH3 is 1. The Hall–Kier alpha value is -1.71. The van der Waals surface area contributed by atoms with Crippen LogP contribution in [0.25, 0.3) is 0 Å². The number of carbonyl (C=O) groups is 1. The van der Waals surface area contributed by atoms with Gasteiger partial charge >= 0.3 is 0 Å². The Morgan fingerprint density at radius 2 is 2.33 bits per heavy atom. The van der Waals surface area contributed by atoms with Crippen molar-refractivity contribution in [1.29, 1.82) is 0 Å². The van der Waals surface area contributed by atoms with Gasteiger partial charge in [-0.2, -0.15) is 0 Å². The van der Waals surface area contributed by atoms with Gasteiger partial charge in [0.05, 0.1) is 7.11 Å². The number of anilines is 1. The maximum absolute atomic E-state index is 10.5. The van der Waals surface area contributed by atoms with Gasteiger partial charge in [-0.05, 0) is 18.6 Å². The molecule has 3 N–H and O–H groups in total. The number of primary amides is 1. The molecule has 0 heterocycles. The molecule has 1 amide bonds. The van der Waals surface area contributed by atoms with E-state index in [2.05, 4.69) is 5.32 Å². The van der Waals surface area contributed by atoms with Gasteiger partial charge in [0.15, 0.2) is 0 Å². The van der Waals surface area contributed by atoms with Crippen molar-refractivity contribution in [3.05, 3.63) is 24.3 Å². The molecule has 1 rings (SSSR count). The lowest BCUT2D eigenvalue weighted by molar-refractivity contribution is -0.118. The number of rotatable bonds is 6. The zero-order chi connectivity index (χ0) is 11.1. The zero-order valence-electron chi connectivity index (χ0n) is 8.82. The number of hydrogen-bond donors (Lipinski definition) is 2. The summed E-state index contributed by atoms with van der Waals surface area (Å²) >= 11 is 0. The maximum atomic E-state index is 10.5. The molecule has 0 spiro atoms. The molecular formula is C11H16N2O2. The van der Waals surface area contributed by atoms with E-state index in [1.54, 1.807) is 7.11 Å². The van der Waals surface area contributed by atoms with E-state index in [-0.39, 0.29) is 5.91 Å². The van der Waals surface area contributed by atoms with Gasteiger partial charge in [-0.25, -0.2) is 0 Å². The van der Waals surface area contributed by atoms with Crippen LogP contribution in [0.3, 0.4) is 0 Å². The van der Waals surface area contributed by atoms with Crippen molar-refractivity contribution in [2.45, 2.75) is 12.8 Å². The van der Waals surface area contributed by atoms with Crippen LogP contribution in [0.15, 0.2) is 24.3 Å². The molecule has 82 valence electrons. The summed E-state index contributed by atoms with van der Waals surface area (Å²) in [4.78, 5) is 10.5. The highest BCUT2D eigenvalue weighted by Gasteiger charge is 1.96. The molecule has 0 aromatic heterocycles. The lowest BCUT2D eigenvalue weighted by Crippen LogP contribution is -2.12. The van der Waals surface area contributed by atoms with Gasteiger partial charge in [-0.3, -0.25) is 4.79 Å². The molecule has 0 bridgehead atoms. The van der Waals surface area contributed by atoms with E-state index in [9.17, 15) is 4.79 Å². The van der Waals surface area contributed by atoms with E-state index < -0.39 is 0 Å². The molecule has 4 heteroatoms. The molecule has 0 aliphatic rings. The standard InChI is InChI=1S/C11H16N2O2/c1-15-10-5-2-4-9(8-10)13-7-3-6-11(12)14/h2,4-5,8,13H,3,6-7H2,1H3,(H2,12,14). The predicted octanol–water partition coefficient (Wildman–Crippen LogP) is 1.37. The Labute approximate surface area is 89.4 Å². The van der Waals surface area contributed by atoms with Gasteiger partial charge in [0.2, 0.25) is 5.91 Å². The number of ether oxygens (including phenoxy) is 1. The number of hydrogen-bond acceptors (Lipinski definition) is 3. The van der Waals surface area contributed by atoms with Crippen molar-refractivity contribution in [2.75, 3.05) is 19.0 Å². The van der Waals surface area contributed by atoms with E-state index in [1.807, 2.05) is 24.3 Å². The Morgan fingerprint density at radius 3 is 3.00 bits per heavy atom. The second-order valence-corrected chi connectivity index (χ2v) is 3.23. The monoisotopic (exact) mass is 208 g/mol. The molecule has 15 heavy (non-hydrogen) atoms. The predicted molar refractivity (Wildman–Crippen MR) is 59.9 cm³/mol. The smallest absolute Gasteiger partial charge is 0.217 e. The molecule has 1 aromatic carbocycles. The van der Waals surface area contributed by atoms with Crippen molar-refractivity contribution in [3.8, 4) is 5.75 Å². The van der Waals surface area contributed by atoms with Gasteiger partial charge in [-0.15, -0.1) is 0 Å². The molecule has 0 radical (unpaired) electrons. The summed E-state index contributed by atoms with van der Waals surface area (Å²) in [6.45, 7) is 0.732. The van der Waals surface area contributed by atoms with Gasteiger partial charge in [-0.1, -0.05) is 6.07 Å². The van der Waals surface area contributed by atoms with Crippen LogP contribution in [0.5, 0.6) is 5.75 Å². The Morgan fingerprint density at radius 1 is 1.53 bits per heavy atom. The van der Waals surface area contributed by atoms with Crippen LogP contribution in [-0.4, -0.2) is 19.6 Å². The SMILES string of the molecule is COc1cccc(NCCCC(N)=O)c1. The zero-order valence-corrected chi connectivity index (χ0v) is 8.82. The number of nitrogens with one attached hydrogen (secondary N) is 1. The minimum atomic E-state index is -0.262. The van der Waals surface area contributed by atoms with Crippen LogP contribution in [0.1, 0.15) is 12.8 Å². The van der Waals surface area contributed by atoms with Gasteiger partial charge in [0.1, 0.15) is 5.75 Å². The Bertz CT molecular complexity index is 326. The summed E-state index contributed by atoms with van der Waals surface area (Å²) < 4.78 is 5.09. The average molecular weight is 208 g/mol. The molecule has 0 aliphatic heterocycles. The van der Waals surface area contributed by atoms with Crippen LogP contribution < -0.4 is 15.8 Å². The number of nitrogens with two attached hydrogens (primary N) is 1. The summed E-state index contributed by atoms with van der Waals surface area (Å²) in [5.41, 5.74) is 6.02. The summed E-state index contributed by atoms with van der Waals surface area (Å²) in [5, 5.41) is 3.19. The number of carbonyl (C=O) groups excluding carboxylic acids is 1. The van der Waals surface area contributed by atoms with Crippen molar-refractivity contribution >= 4 is 11.6 Å². The summed E-state index contributed by atoms with van der Waals surface area (Å²) in [6.07, 6.45) is 1.16. The van der Waals surface area contributed by atoms with Crippen LogP contribution in [-0.2, 0) is 4.79 Å². The second-order valence-electron chi connectivity index (χ2n) is 3.23. The lowest BCUT2D eigenvalue weighted by atomic mass is 10.2. The summed E-state index contributed by atoms with van der Waals surface area (Å²) in [7, 11) is 1.63. The maximum Gasteiger partial charge on any atom is 0.217 e. The van der Waals surface area contributed by atoms with E-state index in [1.165, 1.54) is 0 Å². The first-order chi connectivity index (χ1) is 7.22. The number of benzene rings is 1. The molecule has 0 fully saturated rings. The van der Waals surface area contributed by atoms with E-state index in [0.717, 1.165) is 24.4 Å². The first-order valence-electron chi connectivity index (χ1n) is 4.88. The molecule has 0 saturated carbocycles. The average Bonchev–Trinajstić information content (AvgIpc) is 2.24. The Kier molecular flexibility index (Phi) is 4.47. The Balaban J connectivity index is 2.33. The van der Waals surface area contributed by atoms with Crippen LogP contribution >= 0.6 is 0 Å². The first kappa shape index (κ1) is 11.4. The summed E-state index contributed by atoms with van der Waals surface area (Å²) in [5.74, 6) is 0.553. The molecule has 0 atom stereocenters. The topological polar surface area (TPSA) is 64.3 Å². The number of amides is 1. The summed E-state index contributed by atoms with van der Waals surface area (Å²) in [6, 6.07) is 7.65. The van der Waals surface area contributed by atoms with Gasteiger partial charge in [0, 0.05) is 24.7 Å². The highest BCUT2D eigenvalue weighted by Crippen LogP contribution is 2.16. The molecule has 1 aromatic rings. The van der Waals surface area contributed by atoms with Gasteiger partial charge in [0.25, 0.3) is 0 Å². The molecule has 0 aliphatic carbocycles. The van der Waals surface area contributed by atoms with Crippen LogP contribution in [0.4, 0.5) is 5.69 Å². The highest BCUT2D eigenvalue weighted by atomic mass is 16.5. The molecule has 0 unspecified atom stereocenters. The quantitative estimate of drug-likeness (QED) is 0.694. The first-order valence-corrected chi connectivity index (χ1v) is 4.88. The van der Waals surface area contributed by atoms with E-state index >= 15 is 0 Å². The minimum absolute atomic E-state index is 0.262. The van der Waals surface area contributed by atoms with Crippen LogP contribution in [0, 0.1) is 0 Å². The second kappa shape index (κ2) is 5.90.